The molecule has 3 aliphatic rings. The summed E-state index contributed by atoms with van der Waals surface area (Å²) >= 11 is 0. The van der Waals surface area contributed by atoms with Gasteiger partial charge in [0, 0.05) is 11.6 Å². The van der Waals surface area contributed by atoms with Crippen LogP contribution in [0.2, 0.25) is 0 Å². The Morgan fingerprint density at radius 3 is 3.25 bits per heavy atom. The molecule has 1 saturated carbocycles. The number of nitrogens with zero attached hydrogens (tertiary/aromatic N) is 1. The molecule has 0 amide bonds. The fourth-order valence-electron chi connectivity index (χ4n) is 3.85. The molecule has 3 unspecified atom stereocenters. The Morgan fingerprint density at radius 1 is 1.50 bits per heavy atom. The molecule has 12 heavy (non-hydrogen) atoms. The Bertz CT molecular complexity index is 201. The lowest BCUT2D eigenvalue weighted by Crippen LogP contribution is -2.40. The first kappa shape index (κ1) is 7.37. The van der Waals surface area contributed by atoms with Gasteiger partial charge in [-0.1, -0.05) is 13.3 Å². The van der Waals surface area contributed by atoms with Gasteiger partial charge >= 0.3 is 0 Å². The van der Waals surface area contributed by atoms with Crippen molar-refractivity contribution in [2.24, 2.45) is 5.92 Å². The number of hydrogen-bond acceptors (Lipinski definition) is 1. The molecule has 0 N–H and O–H groups in total. The highest BCUT2D eigenvalue weighted by Crippen LogP contribution is 2.58. The second-order valence-electron chi connectivity index (χ2n) is 5.04. The quantitative estimate of drug-likeness (QED) is 0.607. The Morgan fingerprint density at radius 2 is 2.42 bits per heavy atom. The fourth-order valence-corrected chi connectivity index (χ4v) is 3.85. The summed E-state index contributed by atoms with van der Waals surface area (Å²) in [6, 6.07) is 1.04. The SMILES string of the molecule is CCCC12CCCN1C1CC1C2. The molecular formula is C11H19N. The van der Waals surface area contributed by atoms with E-state index in [9.17, 15) is 0 Å². The second-order valence-corrected chi connectivity index (χ2v) is 5.04. The Labute approximate surface area is 75.1 Å². The smallest absolute Gasteiger partial charge is 0.0216 e. The molecule has 3 rings (SSSR count). The van der Waals surface area contributed by atoms with E-state index in [1.165, 1.54) is 38.6 Å². The maximum atomic E-state index is 2.86. The van der Waals surface area contributed by atoms with E-state index < -0.39 is 0 Å². The molecule has 0 spiro atoms. The maximum Gasteiger partial charge on any atom is 0.0216 e. The molecule has 0 aromatic rings. The molecule has 0 aromatic carbocycles. The van der Waals surface area contributed by atoms with Crippen molar-refractivity contribution in [3.05, 3.63) is 0 Å². The Kier molecular flexibility index (Phi) is 1.39. The molecule has 68 valence electrons. The molecule has 2 aliphatic heterocycles. The topological polar surface area (TPSA) is 3.24 Å². The lowest BCUT2D eigenvalue weighted by molar-refractivity contribution is 0.148. The highest BCUT2D eigenvalue weighted by atomic mass is 15.3. The number of fused-ring (bicyclic) bond motifs is 3. The summed E-state index contributed by atoms with van der Waals surface area (Å²) in [6.07, 6.45) is 8.92. The zero-order valence-corrected chi connectivity index (χ0v) is 8.05. The summed E-state index contributed by atoms with van der Waals surface area (Å²) in [5.74, 6) is 1.12. The predicted molar refractivity (Wildman–Crippen MR) is 50.1 cm³/mol. The summed E-state index contributed by atoms with van der Waals surface area (Å²) in [7, 11) is 0. The zero-order chi connectivity index (χ0) is 8.18. The minimum atomic E-state index is 0.711. The molecule has 0 bridgehead atoms. The van der Waals surface area contributed by atoms with Crippen LogP contribution in [0.5, 0.6) is 0 Å². The van der Waals surface area contributed by atoms with Gasteiger partial charge in [-0.15, -0.1) is 0 Å². The molecule has 0 aromatic heterocycles. The molecule has 3 atom stereocenters. The molecule has 0 radical (unpaired) electrons. The predicted octanol–water partition coefficient (Wildman–Crippen LogP) is 2.41. The minimum absolute atomic E-state index is 0.711. The van der Waals surface area contributed by atoms with Crippen LogP contribution in [0.1, 0.15) is 45.4 Å². The third-order valence-corrected chi connectivity index (χ3v) is 4.29. The van der Waals surface area contributed by atoms with Crippen LogP contribution in [0.4, 0.5) is 0 Å². The summed E-state index contributed by atoms with van der Waals surface area (Å²) in [6.45, 7) is 3.76. The van der Waals surface area contributed by atoms with E-state index in [2.05, 4.69) is 11.8 Å². The highest BCUT2D eigenvalue weighted by molar-refractivity contribution is 5.15. The van der Waals surface area contributed by atoms with Gasteiger partial charge in [-0.25, -0.2) is 0 Å². The van der Waals surface area contributed by atoms with Crippen molar-refractivity contribution in [2.75, 3.05) is 6.54 Å². The molecule has 2 heterocycles. The monoisotopic (exact) mass is 165 g/mol. The lowest BCUT2D eigenvalue weighted by Gasteiger charge is -2.34. The first-order valence-electron chi connectivity index (χ1n) is 5.62. The van der Waals surface area contributed by atoms with Crippen molar-refractivity contribution in [1.29, 1.82) is 0 Å². The Balaban J connectivity index is 1.83. The van der Waals surface area contributed by atoms with Gasteiger partial charge in [0.2, 0.25) is 0 Å². The molecule has 1 heteroatoms. The first-order chi connectivity index (χ1) is 5.86. The Hall–Kier alpha value is -0.0400. The van der Waals surface area contributed by atoms with E-state index in [-0.39, 0.29) is 0 Å². The van der Waals surface area contributed by atoms with Gasteiger partial charge in [-0.3, -0.25) is 4.90 Å². The molecular weight excluding hydrogens is 146 g/mol. The third kappa shape index (κ3) is 0.783. The van der Waals surface area contributed by atoms with Gasteiger partial charge in [0.25, 0.3) is 0 Å². The summed E-state index contributed by atoms with van der Waals surface area (Å²) < 4.78 is 0. The summed E-state index contributed by atoms with van der Waals surface area (Å²) in [5, 5.41) is 0. The van der Waals surface area contributed by atoms with E-state index in [0.29, 0.717) is 5.54 Å². The fraction of sp³-hybridized carbons (Fsp3) is 1.00. The van der Waals surface area contributed by atoms with E-state index in [1.807, 2.05) is 0 Å². The van der Waals surface area contributed by atoms with Crippen molar-refractivity contribution in [3.63, 3.8) is 0 Å². The molecule has 3 fully saturated rings. The van der Waals surface area contributed by atoms with Gasteiger partial charge in [0.05, 0.1) is 0 Å². The van der Waals surface area contributed by atoms with Crippen LogP contribution in [0.25, 0.3) is 0 Å². The molecule has 2 saturated heterocycles. The van der Waals surface area contributed by atoms with Crippen LogP contribution < -0.4 is 0 Å². The van der Waals surface area contributed by atoms with Crippen LogP contribution in [0.15, 0.2) is 0 Å². The normalized spacial score (nSPS) is 50.8. The standard InChI is InChI=1S/C11H19N/c1-2-4-11-5-3-6-12(11)10-7-9(10)8-11/h9-10H,2-8H2,1H3. The molecule has 1 nitrogen and oxygen atoms in total. The second kappa shape index (κ2) is 2.25. The largest absolute Gasteiger partial charge is 0.294 e. The van der Waals surface area contributed by atoms with Gasteiger partial charge in [0.15, 0.2) is 0 Å². The minimum Gasteiger partial charge on any atom is -0.294 e. The van der Waals surface area contributed by atoms with E-state index in [0.717, 1.165) is 12.0 Å². The number of rotatable bonds is 2. The van der Waals surface area contributed by atoms with Crippen LogP contribution >= 0.6 is 0 Å². The average molecular weight is 165 g/mol. The first-order valence-corrected chi connectivity index (χ1v) is 5.62. The van der Waals surface area contributed by atoms with Crippen molar-refractivity contribution in [2.45, 2.75) is 57.0 Å². The van der Waals surface area contributed by atoms with Crippen molar-refractivity contribution in [3.8, 4) is 0 Å². The summed E-state index contributed by atoms with van der Waals surface area (Å²) in [5.41, 5.74) is 0.711. The van der Waals surface area contributed by atoms with E-state index >= 15 is 0 Å². The van der Waals surface area contributed by atoms with Gasteiger partial charge in [-0.2, -0.15) is 0 Å². The van der Waals surface area contributed by atoms with Crippen molar-refractivity contribution >= 4 is 0 Å². The van der Waals surface area contributed by atoms with E-state index in [1.54, 1.807) is 6.42 Å². The zero-order valence-electron chi connectivity index (χ0n) is 8.05. The van der Waals surface area contributed by atoms with Crippen molar-refractivity contribution in [1.82, 2.24) is 4.90 Å². The number of hydrogen-bond donors (Lipinski definition) is 0. The highest BCUT2D eigenvalue weighted by Gasteiger charge is 2.60. The van der Waals surface area contributed by atoms with Crippen LogP contribution in [-0.2, 0) is 0 Å². The summed E-state index contributed by atoms with van der Waals surface area (Å²) in [4.78, 5) is 2.86. The average Bonchev–Trinajstić information content (AvgIpc) is 2.56. The van der Waals surface area contributed by atoms with Crippen LogP contribution in [0.3, 0.4) is 0 Å². The van der Waals surface area contributed by atoms with Crippen molar-refractivity contribution < 1.29 is 0 Å². The van der Waals surface area contributed by atoms with Gasteiger partial charge in [-0.05, 0) is 44.6 Å². The number of piperidine rings is 1. The van der Waals surface area contributed by atoms with Crippen LogP contribution in [0, 0.1) is 5.92 Å². The van der Waals surface area contributed by atoms with E-state index in [4.69, 9.17) is 0 Å². The van der Waals surface area contributed by atoms with Gasteiger partial charge < -0.3 is 0 Å². The van der Waals surface area contributed by atoms with Crippen LogP contribution in [-0.4, -0.2) is 23.0 Å². The third-order valence-electron chi connectivity index (χ3n) is 4.29. The maximum absolute atomic E-state index is 2.86. The molecule has 1 aliphatic carbocycles. The lowest BCUT2D eigenvalue weighted by atomic mass is 9.87. The van der Waals surface area contributed by atoms with Gasteiger partial charge in [0.1, 0.15) is 0 Å².